The van der Waals surface area contributed by atoms with E-state index < -0.39 is 18.3 Å². The Morgan fingerprint density at radius 3 is 2.94 bits per heavy atom. The predicted molar refractivity (Wildman–Crippen MR) is 136 cm³/mol. The van der Waals surface area contributed by atoms with E-state index in [1.807, 2.05) is 24.4 Å². The van der Waals surface area contributed by atoms with Gasteiger partial charge in [0.25, 0.3) is 0 Å². The molecule has 1 aliphatic heterocycles. The van der Waals surface area contributed by atoms with E-state index in [2.05, 4.69) is 23.4 Å². The van der Waals surface area contributed by atoms with Crippen LogP contribution in [-0.4, -0.2) is 40.7 Å². The van der Waals surface area contributed by atoms with E-state index in [1.54, 1.807) is 24.3 Å². The topological polar surface area (TPSA) is 59.5 Å². The van der Waals surface area contributed by atoms with Crippen LogP contribution in [0.5, 0.6) is 0 Å². The maximum absolute atomic E-state index is 14.1. The minimum Gasteiger partial charge on any atom is -0.446 e. The number of hydrogen-bond acceptors (Lipinski definition) is 4. The smallest absolute Gasteiger partial charge is 0.417 e. The molecular formula is C30H31FN2O3. The van der Waals surface area contributed by atoms with Crippen LogP contribution in [0, 0.1) is 23.7 Å². The van der Waals surface area contributed by atoms with Crippen molar-refractivity contribution in [1.82, 2.24) is 9.88 Å². The fourth-order valence-corrected chi connectivity index (χ4v) is 6.07. The first-order valence-electron chi connectivity index (χ1n) is 12.8. The van der Waals surface area contributed by atoms with Gasteiger partial charge in [0, 0.05) is 25.0 Å². The van der Waals surface area contributed by atoms with Gasteiger partial charge in [0.15, 0.2) is 0 Å². The van der Waals surface area contributed by atoms with Crippen LogP contribution in [0.4, 0.5) is 9.18 Å². The third kappa shape index (κ3) is 4.80. The molecule has 1 aromatic heterocycles. The molecule has 2 fully saturated rings. The maximum Gasteiger partial charge on any atom is 0.417 e. The summed E-state index contributed by atoms with van der Waals surface area (Å²) in [5, 5.41) is 0. The molecule has 36 heavy (non-hydrogen) atoms. The van der Waals surface area contributed by atoms with Gasteiger partial charge in [0.1, 0.15) is 18.8 Å². The lowest BCUT2D eigenvalue weighted by Crippen LogP contribution is -2.45. The number of imide groups is 1. The molecule has 1 unspecified atom stereocenters. The summed E-state index contributed by atoms with van der Waals surface area (Å²) in [7, 11) is 0. The monoisotopic (exact) mass is 486 g/mol. The number of rotatable bonds is 6. The van der Waals surface area contributed by atoms with E-state index >= 15 is 0 Å². The zero-order valence-electron chi connectivity index (χ0n) is 20.4. The molecule has 2 amide bonds. The van der Waals surface area contributed by atoms with Crippen molar-refractivity contribution in [1.29, 1.82) is 0 Å². The lowest BCUT2D eigenvalue weighted by atomic mass is 9.71. The van der Waals surface area contributed by atoms with Crippen LogP contribution < -0.4 is 0 Å². The van der Waals surface area contributed by atoms with Crippen molar-refractivity contribution in [3.05, 3.63) is 71.6 Å². The van der Waals surface area contributed by atoms with Crippen LogP contribution in [0.1, 0.15) is 61.3 Å². The van der Waals surface area contributed by atoms with Crippen molar-refractivity contribution in [3.8, 4) is 11.8 Å². The van der Waals surface area contributed by atoms with Gasteiger partial charge in [-0.3, -0.25) is 9.78 Å². The molecule has 1 saturated heterocycles. The van der Waals surface area contributed by atoms with Gasteiger partial charge in [-0.05, 0) is 91.0 Å². The van der Waals surface area contributed by atoms with Gasteiger partial charge in [-0.1, -0.05) is 24.0 Å². The number of hydrogen-bond donors (Lipinski definition) is 0. The van der Waals surface area contributed by atoms with Crippen molar-refractivity contribution in [2.75, 3.05) is 6.61 Å². The van der Waals surface area contributed by atoms with Gasteiger partial charge in [-0.15, -0.1) is 6.58 Å². The second-order valence-corrected chi connectivity index (χ2v) is 9.95. The van der Waals surface area contributed by atoms with E-state index in [4.69, 9.17) is 4.74 Å². The number of pyridine rings is 1. The summed E-state index contributed by atoms with van der Waals surface area (Å²) in [4.78, 5) is 32.2. The van der Waals surface area contributed by atoms with Crippen LogP contribution in [0.3, 0.4) is 0 Å². The van der Waals surface area contributed by atoms with Crippen molar-refractivity contribution >= 4 is 18.1 Å². The fraction of sp³-hybridized carbons (Fsp3) is 0.433. The Kier molecular flexibility index (Phi) is 7.18. The highest BCUT2D eigenvalue weighted by Crippen LogP contribution is 2.43. The first-order valence-corrected chi connectivity index (χ1v) is 12.8. The second-order valence-electron chi connectivity index (χ2n) is 9.95. The minimum absolute atomic E-state index is 0.147. The number of nitrogens with zero attached hydrogens (tertiary/aromatic N) is 2. The highest BCUT2D eigenvalue weighted by Gasteiger charge is 2.44. The van der Waals surface area contributed by atoms with Gasteiger partial charge in [-0.2, -0.15) is 0 Å². The third-order valence-corrected chi connectivity index (χ3v) is 7.90. The van der Waals surface area contributed by atoms with Crippen LogP contribution >= 0.6 is 0 Å². The molecule has 186 valence electrons. The van der Waals surface area contributed by atoms with Gasteiger partial charge >= 0.3 is 6.09 Å². The standard InChI is InChI=1S/C30H31FN2O3/c1-2-7-25(29(34)33-28(19-36-30(33)35)22-8-5-3-4-6-9-22)21-12-10-20(11-13-21)24-16-17-32-27-15-14-23(31)18-26(24)27/h2,5,8-9,14-17,20-21,23,25,28H,1,6-7,10-13,18-19H2/t20-,21+,23?,25-,28+/m1/s1. The zero-order chi connectivity index (χ0) is 25.1. The van der Waals surface area contributed by atoms with Crippen LogP contribution in [0.15, 0.2) is 54.8 Å². The number of alkyl halides is 1. The van der Waals surface area contributed by atoms with E-state index in [0.717, 1.165) is 42.5 Å². The largest absolute Gasteiger partial charge is 0.446 e. The van der Waals surface area contributed by atoms with Gasteiger partial charge < -0.3 is 4.74 Å². The summed E-state index contributed by atoms with van der Waals surface area (Å²) in [5.41, 5.74) is 3.95. The van der Waals surface area contributed by atoms with E-state index in [9.17, 15) is 14.0 Å². The van der Waals surface area contributed by atoms with Crippen molar-refractivity contribution < 1.29 is 18.7 Å². The van der Waals surface area contributed by atoms with Gasteiger partial charge in [0.05, 0.1) is 5.69 Å². The molecular weight excluding hydrogens is 455 g/mol. The van der Waals surface area contributed by atoms with E-state index in [1.165, 1.54) is 10.5 Å². The number of carbonyl (C=O) groups excluding carboxylic acids is 2. The highest BCUT2D eigenvalue weighted by atomic mass is 19.1. The number of fused-ring (bicyclic) bond motifs is 1. The normalized spacial score (nSPS) is 27.8. The quantitative estimate of drug-likeness (QED) is 0.383. The number of aromatic nitrogens is 1. The molecule has 0 aromatic carbocycles. The summed E-state index contributed by atoms with van der Waals surface area (Å²) in [5.74, 6) is 5.90. The molecule has 4 aliphatic rings. The Bertz CT molecular complexity index is 1200. The predicted octanol–water partition coefficient (Wildman–Crippen LogP) is 5.69. The lowest BCUT2D eigenvalue weighted by molar-refractivity contribution is -0.135. The average Bonchev–Trinajstić information content (AvgIpc) is 3.09. The molecule has 3 aliphatic carbocycles. The molecule has 3 atom stereocenters. The van der Waals surface area contributed by atoms with Crippen molar-refractivity contribution in [2.24, 2.45) is 11.8 Å². The zero-order valence-corrected chi connectivity index (χ0v) is 20.4. The van der Waals surface area contributed by atoms with E-state index in [-0.39, 0.29) is 24.3 Å². The van der Waals surface area contributed by atoms with Gasteiger partial charge in [0.2, 0.25) is 5.91 Å². The molecule has 0 bridgehead atoms. The summed E-state index contributed by atoms with van der Waals surface area (Å²) in [6, 6.07) is 1.60. The Morgan fingerprint density at radius 2 is 2.14 bits per heavy atom. The SMILES string of the molecule is C=CC[C@@H](C(=O)N1C(=O)OC[C@H]1C1=CCC#CC=C1)[C@H]1CC[C@@H](c2ccnc3c2CC(F)C=C3)CC1. The molecule has 0 spiro atoms. The first-order chi connectivity index (χ1) is 17.6. The number of halogens is 1. The maximum atomic E-state index is 14.1. The van der Waals surface area contributed by atoms with Crippen LogP contribution in [0.25, 0.3) is 6.08 Å². The molecule has 5 nitrogen and oxygen atoms in total. The molecule has 0 N–H and O–H groups in total. The fourth-order valence-electron chi connectivity index (χ4n) is 6.07. The summed E-state index contributed by atoms with van der Waals surface area (Å²) < 4.78 is 19.4. The average molecular weight is 487 g/mol. The number of allylic oxidation sites excluding steroid dienone is 4. The first kappa shape index (κ1) is 24.2. The molecule has 0 radical (unpaired) electrons. The molecule has 6 heteroatoms. The lowest BCUT2D eigenvalue weighted by Gasteiger charge is -2.36. The summed E-state index contributed by atoms with van der Waals surface area (Å²) in [6.45, 7) is 4.05. The molecule has 2 heterocycles. The minimum atomic E-state index is -0.968. The number of cyclic esters (lactones) is 1. The summed E-state index contributed by atoms with van der Waals surface area (Å²) >= 11 is 0. The Balaban J connectivity index is 1.31. The molecule has 5 rings (SSSR count). The molecule has 1 saturated carbocycles. The highest BCUT2D eigenvalue weighted by molar-refractivity contribution is 5.95. The Hall–Kier alpha value is -3.46. The van der Waals surface area contributed by atoms with Crippen molar-refractivity contribution in [3.63, 3.8) is 0 Å². The summed E-state index contributed by atoms with van der Waals surface area (Å²) in [6.07, 6.45) is 16.0. The van der Waals surface area contributed by atoms with Gasteiger partial charge in [-0.25, -0.2) is 14.1 Å². The number of amides is 2. The Labute approximate surface area is 211 Å². The van der Waals surface area contributed by atoms with E-state index in [0.29, 0.717) is 25.2 Å². The Morgan fingerprint density at radius 1 is 1.31 bits per heavy atom. The third-order valence-electron chi connectivity index (χ3n) is 7.90. The van der Waals surface area contributed by atoms with Crippen LogP contribution in [-0.2, 0) is 16.0 Å². The van der Waals surface area contributed by atoms with Crippen LogP contribution in [0.2, 0.25) is 0 Å². The van der Waals surface area contributed by atoms with Crippen molar-refractivity contribution in [2.45, 2.75) is 63.1 Å². The second kappa shape index (κ2) is 10.7. The molecule has 1 aromatic rings. The number of carbonyl (C=O) groups is 2. The number of ether oxygens (including phenoxy) is 1.